The summed E-state index contributed by atoms with van der Waals surface area (Å²) in [6.45, 7) is 14.7. The molecule has 1 rings (SSSR count). The van der Waals surface area contributed by atoms with Gasteiger partial charge in [-0.15, -0.1) is 0 Å². The first-order valence-corrected chi connectivity index (χ1v) is 8.22. The van der Waals surface area contributed by atoms with E-state index in [0.717, 1.165) is 38.3 Å². The summed E-state index contributed by atoms with van der Waals surface area (Å²) in [5, 5.41) is 6.02. The largest absolute Gasteiger partial charge is 0.444 e. The molecule has 1 heterocycles. The molecule has 0 saturated carbocycles. The summed E-state index contributed by atoms with van der Waals surface area (Å²) in [5.74, 6) is 0.492. The van der Waals surface area contributed by atoms with Crippen molar-refractivity contribution in [3.8, 4) is 0 Å². The zero-order valence-electron chi connectivity index (χ0n) is 15.0. The van der Waals surface area contributed by atoms with Crippen LogP contribution in [-0.2, 0) is 11.3 Å². The lowest BCUT2D eigenvalue weighted by atomic mass is 10.2. The van der Waals surface area contributed by atoms with Gasteiger partial charge < -0.3 is 15.0 Å². The minimum Gasteiger partial charge on any atom is -0.444 e. The number of likely N-dealkylation sites (N-methyl/N-ethyl adjacent to an activating group) is 1. The van der Waals surface area contributed by atoms with Crippen molar-refractivity contribution in [2.75, 3.05) is 31.5 Å². The Labute approximate surface area is 139 Å². The quantitative estimate of drug-likeness (QED) is 0.720. The van der Waals surface area contributed by atoms with Gasteiger partial charge in [-0.2, -0.15) is 0 Å². The van der Waals surface area contributed by atoms with Gasteiger partial charge in [-0.25, -0.2) is 9.78 Å². The van der Waals surface area contributed by atoms with E-state index in [1.165, 1.54) is 0 Å². The number of aromatic nitrogens is 1. The monoisotopic (exact) mass is 322 g/mol. The number of carbonyl (C=O) groups excluding carboxylic acids is 1. The normalized spacial score (nSPS) is 11.6. The van der Waals surface area contributed by atoms with E-state index < -0.39 is 11.7 Å². The minimum atomic E-state index is -0.515. The molecule has 0 bridgehead atoms. The maximum atomic E-state index is 11.7. The number of pyridine rings is 1. The van der Waals surface area contributed by atoms with Crippen LogP contribution in [0.3, 0.4) is 0 Å². The Morgan fingerprint density at radius 3 is 2.48 bits per heavy atom. The fourth-order valence-corrected chi connectivity index (χ4v) is 2.02. The van der Waals surface area contributed by atoms with Gasteiger partial charge in [0.2, 0.25) is 0 Å². The highest BCUT2D eigenvalue weighted by Crippen LogP contribution is 2.10. The molecule has 0 atom stereocenters. The maximum absolute atomic E-state index is 11.7. The van der Waals surface area contributed by atoms with Crippen molar-refractivity contribution in [3.05, 3.63) is 23.9 Å². The number of anilines is 1. The van der Waals surface area contributed by atoms with Crippen molar-refractivity contribution in [3.63, 3.8) is 0 Å². The van der Waals surface area contributed by atoms with Crippen molar-refractivity contribution in [2.24, 2.45) is 0 Å². The molecule has 2 N–H and O–H groups in total. The van der Waals surface area contributed by atoms with Crippen LogP contribution in [0.15, 0.2) is 18.3 Å². The van der Waals surface area contributed by atoms with E-state index in [2.05, 4.69) is 34.4 Å². The molecular formula is C17H30N4O2. The summed E-state index contributed by atoms with van der Waals surface area (Å²) < 4.78 is 5.19. The van der Waals surface area contributed by atoms with Crippen molar-refractivity contribution in [2.45, 2.75) is 46.8 Å². The molecule has 6 nitrogen and oxygen atoms in total. The highest BCUT2D eigenvalue weighted by molar-refractivity contribution is 5.83. The van der Waals surface area contributed by atoms with Crippen LogP contribution in [0.2, 0.25) is 0 Å². The molecule has 0 unspecified atom stereocenters. The van der Waals surface area contributed by atoms with E-state index in [-0.39, 0.29) is 0 Å². The van der Waals surface area contributed by atoms with Gasteiger partial charge in [-0.1, -0.05) is 19.9 Å². The highest BCUT2D eigenvalue weighted by atomic mass is 16.6. The SMILES string of the molecule is CCN(CC)CCNCc1ccc(NC(=O)OC(C)(C)C)nc1. The molecule has 1 aromatic heterocycles. The zero-order valence-corrected chi connectivity index (χ0v) is 15.0. The summed E-state index contributed by atoms with van der Waals surface area (Å²) in [6, 6.07) is 3.73. The maximum Gasteiger partial charge on any atom is 0.413 e. The van der Waals surface area contributed by atoms with Gasteiger partial charge in [0.25, 0.3) is 0 Å². The summed E-state index contributed by atoms with van der Waals surface area (Å²) >= 11 is 0. The van der Waals surface area contributed by atoms with Gasteiger partial charge in [-0.3, -0.25) is 5.32 Å². The number of nitrogens with one attached hydrogen (secondary N) is 2. The molecule has 23 heavy (non-hydrogen) atoms. The first-order valence-electron chi connectivity index (χ1n) is 8.22. The third-order valence-corrected chi connectivity index (χ3v) is 3.28. The Balaban J connectivity index is 2.34. The third kappa shape index (κ3) is 8.52. The van der Waals surface area contributed by atoms with Crippen LogP contribution in [-0.4, -0.2) is 47.8 Å². The molecule has 0 fully saturated rings. The van der Waals surface area contributed by atoms with Crippen LogP contribution in [0.1, 0.15) is 40.2 Å². The van der Waals surface area contributed by atoms with Gasteiger partial charge in [-0.05, 0) is 45.5 Å². The molecule has 0 aliphatic heterocycles. The molecule has 130 valence electrons. The van der Waals surface area contributed by atoms with Gasteiger partial charge in [0, 0.05) is 25.8 Å². The van der Waals surface area contributed by atoms with Crippen LogP contribution in [0.5, 0.6) is 0 Å². The molecule has 1 amide bonds. The second kappa shape index (κ2) is 9.47. The summed E-state index contributed by atoms with van der Waals surface area (Å²) in [4.78, 5) is 18.3. The average molecular weight is 322 g/mol. The van der Waals surface area contributed by atoms with E-state index in [4.69, 9.17) is 4.74 Å². The molecule has 0 radical (unpaired) electrons. The number of ether oxygens (including phenoxy) is 1. The number of amides is 1. The van der Waals surface area contributed by atoms with Gasteiger partial charge in [0.15, 0.2) is 0 Å². The average Bonchev–Trinajstić information content (AvgIpc) is 2.47. The number of hydrogen-bond acceptors (Lipinski definition) is 5. The number of rotatable bonds is 8. The van der Waals surface area contributed by atoms with Gasteiger partial charge in [0.05, 0.1) is 0 Å². The number of carbonyl (C=O) groups is 1. The molecule has 0 aliphatic rings. The van der Waals surface area contributed by atoms with Crippen LogP contribution >= 0.6 is 0 Å². The molecule has 0 spiro atoms. The third-order valence-electron chi connectivity index (χ3n) is 3.28. The Morgan fingerprint density at radius 1 is 1.26 bits per heavy atom. The molecule has 0 aliphatic carbocycles. The second-order valence-corrected chi connectivity index (χ2v) is 6.38. The Morgan fingerprint density at radius 2 is 1.96 bits per heavy atom. The molecule has 1 aromatic rings. The fraction of sp³-hybridized carbons (Fsp3) is 0.647. The fourth-order valence-electron chi connectivity index (χ4n) is 2.02. The predicted molar refractivity (Wildman–Crippen MR) is 93.6 cm³/mol. The lowest BCUT2D eigenvalue weighted by Crippen LogP contribution is -2.31. The van der Waals surface area contributed by atoms with Crippen molar-refractivity contribution in [1.82, 2.24) is 15.2 Å². The summed E-state index contributed by atoms with van der Waals surface area (Å²) in [7, 11) is 0. The van der Waals surface area contributed by atoms with E-state index in [1.54, 1.807) is 12.3 Å². The topological polar surface area (TPSA) is 66.5 Å². The Hall–Kier alpha value is -1.66. The smallest absolute Gasteiger partial charge is 0.413 e. The van der Waals surface area contributed by atoms with Crippen molar-refractivity contribution >= 4 is 11.9 Å². The number of nitrogens with zero attached hydrogens (tertiary/aromatic N) is 2. The lowest BCUT2D eigenvalue weighted by Gasteiger charge is -2.19. The van der Waals surface area contributed by atoms with Crippen molar-refractivity contribution < 1.29 is 9.53 Å². The highest BCUT2D eigenvalue weighted by Gasteiger charge is 2.16. The van der Waals surface area contributed by atoms with Gasteiger partial charge >= 0.3 is 6.09 Å². The Bertz CT molecular complexity index is 464. The molecule has 0 aromatic carbocycles. The van der Waals surface area contributed by atoms with Crippen LogP contribution in [0.25, 0.3) is 0 Å². The molecular weight excluding hydrogens is 292 g/mol. The van der Waals surface area contributed by atoms with E-state index in [0.29, 0.717) is 5.82 Å². The summed E-state index contributed by atoms with van der Waals surface area (Å²) in [6.07, 6.45) is 1.27. The zero-order chi connectivity index (χ0) is 17.3. The van der Waals surface area contributed by atoms with E-state index in [9.17, 15) is 4.79 Å². The lowest BCUT2D eigenvalue weighted by molar-refractivity contribution is 0.0635. The van der Waals surface area contributed by atoms with Crippen LogP contribution in [0.4, 0.5) is 10.6 Å². The van der Waals surface area contributed by atoms with Crippen molar-refractivity contribution in [1.29, 1.82) is 0 Å². The first-order chi connectivity index (χ1) is 10.8. The van der Waals surface area contributed by atoms with Gasteiger partial charge in [0.1, 0.15) is 11.4 Å². The first kappa shape index (κ1) is 19.4. The number of hydrogen-bond donors (Lipinski definition) is 2. The standard InChI is InChI=1S/C17H30N4O2/c1-6-21(7-2)11-10-18-12-14-8-9-15(19-13-14)20-16(22)23-17(3,4)5/h8-9,13,18H,6-7,10-12H2,1-5H3,(H,19,20,22). The molecule has 6 heteroatoms. The minimum absolute atomic E-state index is 0.491. The molecule has 0 saturated heterocycles. The van der Waals surface area contributed by atoms with Crippen LogP contribution < -0.4 is 10.6 Å². The van der Waals surface area contributed by atoms with Crippen LogP contribution in [0, 0.1) is 0 Å². The summed E-state index contributed by atoms with van der Waals surface area (Å²) in [5.41, 5.74) is 0.568. The Kier molecular flexibility index (Phi) is 7.98. The van der Waals surface area contributed by atoms with E-state index >= 15 is 0 Å². The van der Waals surface area contributed by atoms with E-state index in [1.807, 2.05) is 26.8 Å². The second-order valence-electron chi connectivity index (χ2n) is 6.38. The predicted octanol–water partition coefficient (Wildman–Crippen LogP) is 2.86.